The van der Waals surface area contributed by atoms with E-state index in [0.29, 0.717) is 0 Å². The van der Waals surface area contributed by atoms with Gasteiger partial charge in [-0.15, -0.1) is 0 Å². The highest BCUT2D eigenvalue weighted by molar-refractivity contribution is 5.73. The zero-order valence-corrected chi connectivity index (χ0v) is 8.64. The Morgan fingerprint density at radius 1 is 1.47 bits per heavy atom. The van der Waals surface area contributed by atoms with E-state index in [0.717, 1.165) is 0 Å². The van der Waals surface area contributed by atoms with Crippen molar-refractivity contribution in [2.24, 2.45) is 0 Å². The number of carbonyl (C=O) groups is 1. The van der Waals surface area contributed by atoms with Crippen LogP contribution in [0.3, 0.4) is 0 Å². The number of carbonyl (C=O) groups excluding carboxylic acids is 1. The van der Waals surface area contributed by atoms with E-state index in [9.17, 15) is 15.0 Å². The molecule has 2 rings (SSSR count). The molecule has 3 N–H and O–H groups in total. The number of aliphatic hydroxyl groups is 2. The van der Waals surface area contributed by atoms with E-state index in [1.54, 1.807) is 6.92 Å². The molecule has 0 saturated carbocycles. The van der Waals surface area contributed by atoms with E-state index in [-0.39, 0.29) is 12.5 Å². The Kier molecular flexibility index (Phi) is 2.46. The van der Waals surface area contributed by atoms with Crippen molar-refractivity contribution < 1.29 is 24.5 Å². The SMILES string of the molecule is CC(=O)NC1[C@@H](O)[C@@H](O)[C@@H]2CO[C@@]1(C)O2. The van der Waals surface area contributed by atoms with Gasteiger partial charge in [0.2, 0.25) is 5.91 Å². The monoisotopic (exact) mass is 217 g/mol. The third-order valence-electron chi connectivity index (χ3n) is 2.92. The molecule has 0 aromatic heterocycles. The number of fused-ring (bicyclic) bond motifs is 2. The summed E-state index contributed by atoms with van der Waals surface area (Å²) in [5.74, 6) is -1.35. The smallest absolute Gasteiger partial charge is 0.217 e. The average molecular weight is 217 g/mol. The lowest BCUT2D eigenvalue weighted by atomic mass is 9.93. The molecule has 0 radical (unpaired) electrons. The number of hydrogen-bond acceptors (Lipinski definition) is 5. The van der Waals surface area contributed by atoms with Crippen molar-refractivity contribution in [2.75, 3.05) is 6.61 Å². The Balaban J connectivity index is 2.22. The first-order valence-corrected chi connectivity index (χ1v) is 4.89. The second-order valence-electron chi connectivity index (χ2n) is 4.14. The van der Waals surface area contributed by atoms with E-state index in [1.165, 1.54) is 6.92 Å². The summed E-state index contributed by atoms with van der Waals surface area (Å²) in [6.07, 6.45) is -2.62. The van der Waals surface area contributed by atoms with Crippen molar-refractivity contribution in [1.29, 1.82) is 0 Å². The maximum atomic E-state index is 11.0. The third kappa shape index (κ3) is 1.63. The van der Waals surface area contributed by atoms with Crippen LogP contribution >= 0.6 is 0 Å². The molecule has 0 aromatic rings. The van der Waals surface area contributed by atoms with Gasteiger partial charge in [0.25, 0.3) is 0 Å². The van der Waals surface area contributed by atoms with Crippen molar-refractivity contribution >= 4 is 5.91 Å². The van der Waals surface area contributed by atoms with Gasteiger partial charge >= 0.3 is 0 Å². The minimum absolute atomic E-state index is 0.227. The summed E-state index contributed by atoms with van der Waals surface area (Å²) in [6.45, 7) is 3.21. The molecule has 2 heterocycles. The van der Waals surface area contributed by atoms with Crippen LogP contribution in [-0.4, -0.2) is 52.9 Å². The first kappa shape index (κ1) is 10.8. The topological polar surface area (TPSA) is 88.0 Å². The van der Waals surface area contributed by atoms with E-state index < -0.39 is 30.1 Å². The summed E-state index contributed by atoms with van der Waals surface area (Å²) in [5.41, 5.74) is 0. The van der Waals surface area contributed by atoms with E-state index in [2.05, 4.69) is 5.32 Å². The van der Waals surface area contributed by atoms with Gasteiger partial charge in [0.05, 0.1) is 6.61 Å². The molecule has 1 unspecified atom stereocenters. The Bertz CT molecular complexity index is 284. The van der Waals surface area contributed by atoms with E-state index >= 15 is 0 Å². The maximum Gasteiger partial charge on any atom is 0.217 e. The number of amides is 1. The molecular formula is C9H15NO5. The fourth-order valence-electron chi connectivity index (χ4n) is 2.11. The predicted molar refractivity (Wildman–Crippen MR) is 48.8 cm³/mol. The molecule has 15 heavy (non-hydrogen) atoms. The average Bonchev–Trinajstić information content (AvgIpc) is 2.52. The zero-order valence-electron chi connectivity index (χ0n) is 8.64. The third-order valence-corrected chi connectivity index (χ3v) is 2.92. The van der Waals surface area contributed by atoms with Crippen molar-refractivity contribution in [1.82, 2.24) is 5.32 Å². The van der Waals surface area contributed by atoms with Gasteiger partial charge in [0.15, 0.2) is 5.79 Å². The van der Waals surface area contributed by atoms with Crippen LogP contribution in [-0.2, 0) is 14.3 Å². The van der Waals surface area contributed by atoms with Crippen LogP contribution in [0.4, 0.5) is 0 Å². The van der Waals surface area contributed by atoms with Crippen LogP contribution < -0.4 is 5.32 Å². The first-order valence-electron chi connectivity index (χ1n) is 4.89. The van der Waals surface area contributed by atoms with E-state index in [1.807, 2.05) is 0 Å². The fraction of sp³-hybridized carbons (Fsp3) is 0.889. The van der Waals surface area contributed by atoms with Crippen molar-refractivity contribution in [2.45, 2.75) is 44.0 Å². The lowest BCUT2D eigenvalue weighted by molar-refractivity contribution is -0.245. The minimum atomic E-state index is -1.07. The van der Waals surface area contributed by atoms with Gasteiger partial charge in [-0.25, -0.2) is 0 Å². The summed E-state index contributed by atoms with van der Waals surface area (Å²) in [6, 6.07) is -0.747. The highest BCUT2D eigenvalue weighted by Crippen LogP contribution is 2.36. The van der Waals surface area contributed by atoms with Gasteiger partial charge in [0, 0.05) is 6.92 Å². The highest BCUT2D eigenvalue weighted by atomic mass is 16.8. The summed E-state index contributed by atoms with van der Waals surface area (Å²) < 4.78 is 10.8. The summed E-state index contributed by atoms with van der Waals surface area (Å²) in [5, 5.41) is 22.0. The first-order chi connectivity index (χ1) is 6.94. The van der Waals surface area contributed by atoms with Crippen molar-refractivity contribution in [3.05, 3.63) is 0 Å². The lowest BCUT2D eigenvalue weighted by Crippen LogP contribution is -2.65. The molecule has 0 aromatic carbocycles. The summed E-state index contributed by atoms with van der Waals surface area (Å²) in [4.78, 5) is 11.0. The summed E-state index contributed by atoms with van der Waals surface area (Å²) in [7, 11) is 0. The molecule has 6 heteroatoms. The highest BCUT2D eigenvalue weighted by Gasteiger charge is 2.57. The van der Waals surface area contributed by atoms with Gasteiger partial charge in [-0.1, -0.05) is 0 Å². The number of aliphatic hydroxyl groups excluding tert-OH is 2. The molecule has 2 fully saturated rings. The van der Waals surface area contributed by atoms with Gasteiger partial charge in [-0.05, 0) is 6.92 Å². The Labute approximate surface area is 87.2 Å². The van der Waals surface area contributed by atoms with E-state index in [4.69, 9.17) is 9.47 Å². The number of hydrogen-bond donors (Lipinski definition) is 3. The molecule has 0 aliphatic carbocycles. The van der Waals surface area contributed by atoms with Crippen molar-refractivity contribution in [3.8, 4) is 0 Å². The van der Waals surface area contributed by atoms with Crippen LogP contribution in [0.25, 0.3) is 0 Å². The molecule has 2 aliphatic heterocycles. The minimum Gasteiger partial charge on any atom is -0.388 e. The maximum absolute atomic E-state index is 11.0. The molecule has 5 atom stereocenters. The van der Waals surface area contributed by atoms with Gasteiger partial charge < -0.3 is 25.0 Å². The number of ether oxygens (including phenoxy) is 2. The van der Waals surface area contributed by atoms with Crippen LogP contribution in [0.1, 0.15) is 13.8 Å². The second kappa shape index (κ2) is 3.41. The van der Waals surface area contributed by atoms with Crippen LogP contribution in [0, 0.1) is 0 Å². The molecule has 1 amide bonds. The van der Waals surface area contributed by atoms with Crippen LogP contribution in [0.2, 0.25) is 0 Å². The second-order valence-corrected chi connectivity index (χ2v) is 4.14. The Morgan fingerprint density at radius 2 is 2.13 bits per heavy atom. The molecule has 2 aliphatic rings. The van der Waals surface area contributed by atoms with Crippen molar-refractivity contribution in [3.63, 3.8) is 0 Å². The summed E-state index contributed by atoms with van der Waals surface area (Å²) >= 11 is 0. The number of rotatable bonds is 1. The fourth-order valence-corrected chi connectivity index (χ4v) is 2.11. The molecule has 2 saturated heterocycles. The normalized spacial score (nSPS) is 49.1. The number of nitrogens with one attached hydrogen (secondary N) is 1. The molecule has 0 spiro atoms. The molecule has 86 valence electrons. The standard InChI is InChI=1S/C9H15NO5/c1-4(11)10-8-7(13)6(12)5-3-14-9(8,2)15-5/h5-8,12-13H,3H2,1-2H3,(H,10,11)/t5-,6-,7-,8?,9-/m0/s1. The zero-order chi connectivity index (χ0) is 11.2. The Morgan fingerprint density at radius 3 is 2.73 bits per heavy atom. The predicted octanol–water partition coefficient (Wildman–Crippen LogP) is -1.64. The Hall–Kier alpha value is -0.690. The lowest BCUT2D eigenvalue weighted by Gasteiger charge is -2.42. The van der Waals surface area contributed by atoms with Gasteiger partial charge in [-0.2, -0.15) is 0 Å². The molecule has 2 bridgehead atoms. The van der Waals surface area contributed by atoms with Gasteiger partial charge in [-0.3, -0.25) is 4.79 Å². The molecule has 6 nitrogen and oxygen atoms in total. The van der Waals surface area contributed by atoms with Crippen LogP contribution in [0.15, 0.2) is 0 Å². The molecular weight excluding hydrogens is 202 g/mol. The van der Waals surface area contributed by atoms with Crippen LogP contribution in [0.5, 0.6) is 0 Å². The van der Waals surface area contributed by atoms with Gasteiger partial charge in [0.1, 0.15) is 24.4 Å². The quantitative estimate of drug-likeness (QED) is 0.490. The largest absolute Gasteiger partial charge is 0.388 e.